The lowest BCUT2D eigenvalue weighted by atomic mass is 10.0. The Bertz CT molecular complexity index is 1510. The van der Waals surface area contributed by atoms with E-state index in [9.17, 15) is 28.1 Å². The molecule has 11 nitrogen and oxygen atoms in total. The number of non-ortho nitro benzene ring substituents is 1. The van der Waals surface area contributed by atoms with Gasteiger partial charge in [0.1, 0.15) is 18.3 Å². The fourth-order valence-corrected chi connectivity index (χ4v) is 5.36. The van der Waals surface area contributed by atoms with Crippen molar-refractivity contribution in [3.63, 3.8) is 0 Å². The van der Waals surface area contributed by atoms with Crippen LogP contribution in [0.3, 0.4) is 0 Å². The first-order chi connectivity index (χ1) is 19.9. The number of sulfonamides is 1. The molecule has 3 aromatic carbocycles. The Hall–Kier alpha value is -4.45. The van der Waals surface area contributed by atoms with Gasteiger partial charge in [-0.25, -0.2) is 8.42 Å². The molecule has 0 fully saturated rings. The minimum Gasteiger partial charge on any atom is -0.497 e. The first kappa shape index (κ1) is 32.1. The predicted octanol–water partition coefficient (Wildman–Crippen LogP) is 3.84. The largest absolute Gasteiger partial charge is 0.497 e. The summed E-state index contributed by atoms with van der Waals surface area (Å²) in [6, 6.07) is 19.1. The Morgan fingerprint density at radius 2 is 1.71 bits per heavy atom. The van der Waals surface area contributed by atoms with Crippen molar-refractivity contribution in [2.24, 2.45) is 0 Å². The first-order valence-electron chi connectivity index (χ1n) is 13.4. The molecule has 0 aromatic heterocycles. The molecule has 0 aliphatic heterocycles. The van der Waals surface area contributed by atoms with Gasteiger partial charge >= 0.3 is 0 Å². The molecule has 0 aliphatic carbocycles. The molecule has 1 N–H and O–H groups in total. The number of methoxy groups -OCH3 is 1. The molecule has 0 saturated heterocycles. The van der Waals surface area contributed by atoms with E-state index in [0.717, 1.165) is 22.2 Å². The molecule has 0 bridgehead atoms. The van der Waals surface area contributed by atoms with Crippen molar-refractivity contribution in [1.29, 1.82) is 0 Å². The lowest BCUT2D eigenvalue weighted by molar-refractivity contribution is -0.384. The molecule has 42 heavy (non-hydrogen) atoms. The van der Waals surface area contributed by atoms with E-state index in [1.54, 1.807) is 31.2 Å². The Labute approximate surface area is 246 Å². The molecule has 0 unspecified atom stereocenters. The summed E-state index contributed by atoms with van der Waals surface area (Å²) in [6.45, 7) is 3.23. The number of aryl methyl sites for hydroxylation is 1. The van der Waals surface area contributed by atoms with E-state index in [1.165, 1.54) is 24.1 Å². The van der Waals surface area contributed by atoms with E-state index in [0.29, 0.717) is 29.8 Å². The minimum absolute atomic E-state index is 0.0106. The monoisotopic (exact) mass is 596 g/mol. The lowest BCUT2D eigenvalue weighted by Gasteiger charge is -2.33. The van der Waals surface area contributed by atoms with E-state index in [4.69, 9.17) is 4.74 Å². The van der Waals surface area contributed by atoms with Gasteiger partial charge in [-0.2, -0.15) is 0 Å². The number of anilines is 1. The Balaban J connectivity index is 2.11. The van der Waals surface area contributed by atoms with Gasteiger partial charge in [0.05, 0.1) is 24.0 Å². The second kappa shape index (κ2) is 14.4. The van der Waals surface area contributed by atoms with Gasteiger partial charge in [0.15, 0.2) is 0 Å². The van der Waals surface area contributed by atoms with Crippen molar-refractivity contribution < 1.29 is 27.7 Å². The number of benzene rings is 3. The van der Waals surface area contributed by atoms with Crippen LogP contribution in [0.2, 0.25) is 0 Å². The molecular formula is C30H36N4O7S. The number of carbonyl (C=O) groups excluding carboxylic acids is 2. The van der Waals surface area contributed by atoms with Crippen molar-refractivity contribution >= 4 is 33.2 Å². The Morgan fingerprint density at radius 1 is 1.02 bits per heavy atom. The predicted molar refractivity (Wildman–Crippen MR) is 161 cm³/mol. The fourth-order valence-electron chi connectivity index (χ4n) is 4.46. The smallest absolute Gasteiger partial charge is 0.271 e. The summed E-state index contributed by atoms with van der Waals surface area (Å²) < 4.78 is 32.2. The van der Waals surface area contributed by atoms with E-state index in [-0.39, 0.29) is 30.2 Å². The van der Waals surface area contributed by atoms with Crippen LogP contribution in [0.1, 0.15) is 30.0 Å². The molecule has 0 radical (unpaired) electrons. The van der Waals surface area contributed by atoms with Crippen LogP contribution in [-0.4, -0.2) is 62.6 Å². The molecule has 3 aromatic rings. The highest BCUT2D eigenvalue weighted by atomic mass is 32.2. The maximum atomic E-state index is 14.1. The van der Waals surface area contributed by atoms with Crippen molar-refractivity contribution in [3.05, 3.63) is 99.6 Å². The summed E-state index contributed by atoms with van der Waals surface area (Å²) in [5.41, 5.74) is 1.61. The zero-order valence-electron chi connectivity index (χ0n) is 24.1. The summed E-state index contributed by atoms with van der Waals surface area (Å²) >= 11 is 0. The standard InChI is InChI=1S/C30H36N4O7S/c1-5-16-31-30(36)28(18-23-10-7-6-8-11-23)32(20-24-12-9-13-26(17-24)41-3)29(35)21-33(42(4,39)40)27-19-25(34(37)38)15-14-22(27)2/h6-15,17,19,28H,5,16,18,20-21H2,1-4H3,(H,31,36)/t28-/m0/s1. The highest BCUT2D eigenvalue weighted by molar-refractivity contribution is 7.92. The Kier molecular flexibility index (Phi) is 11.0. The third-order valence-electron chi connectivity index (χ3n) is 6.66. The first-order valence-corrected chi connectivity index (χ1v) is 15.3. The SMILES string of the molecule is CCCNC(=O)[C@H](Cc1ccccc1)N(Cc1cccc(OC)c1)C(=O)CN(c1cc([N+](=O)[O-])ccc1C)S(C)(=O)=O. The zero-order valence-corrected chi connectivity index (χ0v) is 25.0. The zero-order chi connectivity index (χ0) is 30.9. The second-order valence-electron chi connectivity index (χ2n) is 9.87. The summed E-state index contributed by atoms with van der Waals surface area (Å²) in [4.78, 5) is 39.9. The third kappa shape index (κ3) is 8.53. The molecular weight excluding hydrogens is 560 g/mol. The van der Waals surface area contributed by atoms with Crippen molar-refractivity contribution in [1.82, 2.24) is 10.2 Å². The number of hydrogen-bond acceptors (Lipinski definition) is 7. The third-order valence-corrected chi connectivity index (χ3v) is 7.79. The molecule has 0 spiro atoms. The summed E-state index contributed by atoms with van der Waals surface area (Å²) in [7, 11) is -2.55. The number of ether oxygens (including phenoxy) is 1. The molecule has 224 valence electrons. The highest BCUT2D eigenvalue weighted by Crippen LogP contribution is 2.28. The average molecular weight is 597 g/mol. The lowest BCUT2D eigenvalue weighted by Crippen LogP contribution is -2.53. The number of nitro benzene ring substituents is 1. The van der Waals surface area contributed by atoms with Crippen LogP contribution in [0.4, 0.5) is 11.4 Å². The quantitative estimate of drug-likeness (QED) is 0.220. The van der Waals surface area contributed by atoms with Gasteiger partial charge in [-0.3, -0.25) is 24.0 Å². The van der Waals surface area contributed by atoms with Gasteiger partial charge < -0.3 is 15.0 Å². The number of nitro groups is 1. The van der Waals surface area contributed by atoms with Gasteiger partial charge in [-0.05, 0) is 42.2 Å². The highest BCUT2D eigenvalue weighted by Gasteiger charge is 2.33. The number of nitrogens with zero attached hydrogens (tertiary/aromatic N) is 3. The normalized spacial score (nSPS) is 11.8. The molecule has 0 aliphatic rings. The number of rotatable bonds is 14. The summed E-state index contributed by atoms with van der Waals surface area (Å²) in [6.07, 6.45) is 1.79. The van der Waals surface area contributed by atoms with E-state index >= 15 is 0 Å². The molecule has 0 saturated carbocycles. The van der Waals surface area contributed by atoms with Crippen LogP contribution >= 0.6 is 0 Å². The average Bonchev–Trinajstić information content (AvgIpc) is 2.96. The molecule has 1 atom stereocenters. The van der Waals surface area contributed by atoms with E-state index in [1.807, 2.05) is 37.3 Å². The topological polar surface area (TPSA) is 139 Å². The van der Waals surface area contributed by atoms with Crippen LogP contribution in [0, 0.1) is 17.0 Å². The second-order valence-corrected chi connectivity index (χ2v) is 11.8. The fraction of sp³-hybridized carbons (Fsp3) is 0.333. The summed E-state index contributed by atoms with van der Waals surface area (Å²) in [5, 5.41) is 14.3. The van der Waals surface area contributed by atoms with Gasteiger partial charge in [-0.1, -0.05) is 55.5 Å². The number of nitrogens with one attached hydrogen (secondary N) is 1. The maximum Gasteiger partial charge on any atom is 0.271 e. The maximum absolute atomic E-state index is 14.1. The van der Waals surface area contributed by atoms with Crippen molar-refractivity contribution in [3.8, 4) is 5.75 Å². The van der Waals surface area contributed by atoms with Gasteiger partial charge in [0.25, 0.3) is 5.69 Å². The molecule has 0 heterocycles. The molecule has 3 rings (SSSR count). The molecule has 12 heteroatoms. The van der Waals surface area contributed by atoms with Gasteiger partial charge in [-0.15, -0.1) is 0 Å². The van der Waals surface area contributed by atoms with Crippen LogP contribution < -0.4 is 14.4 Å². The van der Waals surface area contributed by atoms with Crippen molar-refractivity contribution in [2.75, 3.05) is 30.8 Å². The number of hydrogen-bond donors (Lipinski definition) is 1. The molecule has 2 amide bonds. The van der Waals surface area contributed by atoms with Crippen LogP contribution in [0.15, 0.2) is 72.8 Å². The van der Waals surface area contributed by atoms with Crippen molar-refractivity contribution in [2.45, 2.75) is 39.3 Å². The van der Waals surface area contributed by atoms with E-state index < -0.39 is 33.4 Å². The Morgan fingerprint density at radius 3 is 2.33 bits per heavy atom. The number of carbonyl (C=O) groups is 2. The van der Waals surface area contributed by atoms with Gasteiger partial charge in [0.2, 0.25) is 21.8 Å². The van der Waals surface area contributed by atoms with E-state index in [2.05, 4.69) is 5.32 Å². The van der Waals surface area contributed by atoms with Crippen LogP contribution in [-0.2, 0) is 32.6 Å². The minimum atomic E-state index is -4.07. The summed E-state index contributed by atoms with van der Waals surface area (Å²) in [5.74, 6) is -0.476. The number of amides is 2. The van der Waals surface area contributed by atoms with Gasteiger partial charge in [0, 0.05) is 31.6 Å². The van der Waals surface area contributed by atoms with Crippen LogP contribution in [0.5, 0.6) is 5.75 Å². The van der Waals surface area contributed by atoms with Crippen LogP contribution in [0.25, 0.3) is 0 Å².